The molecule has 1 atom stereocenters. The smallest absolute Gasteiger partial charge is 0.176 e. The average Bonchev–Trinajstić information content (AvgIpc) is 2.35. The van der Waals surface area contributed by atoms with Gasteiger partial charge >= 0.3 is 0 Å². The van der Waals surface area contributed by atoms with E-state index >= 15 is 0 Å². The zero-order valence-electron chi connectivity index (χ0n) is 9.96. The van der Waals surface area contributed by atoms with Crippen LogP contribution in [-0.4, -0.2) is 6.61 Å². The van der Waals surface area contributed by atoms with Crippen LogP contribution in [0.1, 0.15) is 43.9 Å². The molecule has 0 bridgehead atoms. The summed E-state index contributed by atoms with van der Waals surface area (Å²) < 4.78 is 32.6. The molecule has 0 spiro atoms. The summed E-state index contributed by atoms with van der Waals surface area (Å²) in [6.07, 6.45) is 0.913. The van der Waals surface area contributed by atoms with E-state index in [0.717, 1.165) is 6.42 Å². The monoisotopic (exact) mass is 239 g/mol. The number of halogens is 2. The summed E-state index contributed by atoms with van der Waals surface area (Å²) >= 11 is 0. The molecular formula is C13H15F2NO. The third kappa shape index (κ3) is 3.01. The number of benzene rings is 1. The molecule has 0 aliphatic heterocycles. The zero-order chi connectivity index (χ0) is 12.8. The Kier molecular flexibility index (Phi) is 5.05. The van der Waals surface area contributed by atoms with E-state index in [2.05, 4.69) is 0 Å². The maximum absolute atomic E-state index is 13.7. The van der Waals surface area contributed by atoms with E-state index < -0.39 is 17.7 Å². The fourth-order valence-electron chi connectivity index (χ4n) is 1.59. The number of hydrogen-bond donors (Lipinski definition) is 0. The topological polar surface area (TPSA) is 33.0 Å². The lowest BCUT2D eigenvalue weighted by Crippen LogP contribution is -2.08. The van der Waals surface area contributed by atoms with Crippen LogP contribution in [0.5, 0.6) is 0 Å². The number of rotatable bonds is 5. The highest BCUT2D eigenvalue weighted by Crippen LogP contribution is 2.26. The van der Waals surface area contributed by atoms with Crippen LogP contribution in [0, 0.1) is 23.0 Å². The van der Waals surface area contributed by atoms with Crippen LogP contribution in [0.3, 0.4) is 0 Å². The van der Waals surface area contributed by atoms with Gasteiger partial charge in [0.25, 0.3) is 0 Å². The summed E-state index contributed by atoms with van der Waals surface area (Å²) in [7, 11) is 0. The van der Waals surface area contributed by atoms with Crippen LogP contribution in [0.4, 0.5) is 8.78 Å². The summed E-state index contributed by atoms with van der Waals surface area (Å²) in [6, 6.07) is 4.31. The van der Waals surface area contributed by atoms with Crippen molar-refractivity contribution in [1.82, 2.24) is 0 Å². The summed E-state index contributed by atoms with van der Waals surface area (Å²) in [6.45, 7) is 4.29. The fraction of sp³-hybridized carbons (Fsp3) is 0.462. The van der Waals surface area contributed by atoms with Crippen molar-refractivity contribution in [3.05, 3.63) is 34.9 Å². The number of hydrogen-bond acceptors (Lipinski definition) is 2. The highest BCUT2D eigenvalue weighted by atomic mass is 19.2. The average molecular weight is 239 g/mol. The van der Waals surface area contributed by atoms with Gasteiger partial charge in [0.2, 0.25) is 0 Å². The van der Waals surface area contributed by atoms with E-state index in [4.69, 9.17) is 10.00 Å². The standard InChI is InChI=1S/C13H15F2NO/c1-3-7-17-11(4-2)10-6-5-9(8-16)12(14)13(10)15/h5-6,11H,3-4,7H2,1-2H3. The number of nitriles is 1. The molecule has 1 unspecified atom stereocenters. The van der Waals surface area contributed by atoms with Crippen molar-refractivity contribution in [3.8, 4) is 6.07 Å². The molecule has 1 rings (SSSR count). The minimum Gasteiger partial charge on any atom is -0.373 e. The van der Waals surface area contributed by atoms with Crippen LogP contribution >= 0.6 is 0 Å². The Bertz CT molecular complexity index is 426. The van der Waals surface area contributed by atoms with Crippen molar-refractivity contribution in [2.75, 3.05) is 6.61 Å². The first-order valence-electron chi connectivity index (χ1n) is 5.65. The molecule has 2 nitrogen and oxygen atoms in total. The molecular weight excluding hydrogens is 224 g/mol. The summed E-state index contributed by atoms with van der Waals surface area (Å²) in [5.41, 5.74) is -0.103. The van der Waals surface area contributed by atoms with E-state index in [-0.39, 0.29) is 11.1 Å². The van der Waals surface area contributed by atoms with Gasteiger partial charge in [0.1, 0.15) is 6.07 Å². The van der Waals surface area contributed by atoms with Crippen LogP contribution in [0.2, 0.25) is 0 Å². The van der Waals surface area contributed by atoms with Gasteiger partial charge in [-0.1, -0.05) is 19.9 Å². The first-order chi connectivity index (χ1) is 8.15. The Balaban J connectivity index is 3.05. The maximum Gasteiger partial charge on any atom is 0.176 e. The highest BCUT2D eigenvalue weighted by molar-refractivity contribution is 5.35. The lowest BCUT2D eigenvalue weighted by Gasteiger charge is -2.17. The van der Waals surface area contributed by atoms with E-state index in [1.54, 1.807) is 6.07 Å². The highest BCUT2D eigenvalue weighted by Gasteiger charge is 2.19. The van der Waals surface area contributed by atoms with Gasteiger partial charge in [-0.3, -0.25) is 0 Å². The zero-order valence-corrected chi connectivity index (χ0v) is 9.96. The Morgan fingerprint density at radius 3 is 2.53 bits per heavy atom. The molecule has 0 aliphatic rings. The third-order valence-electron chi connectivity index (χ3n) is 2.47. The van der Waals surface area contributed by atoms with E-state index in [9.17, 15) is 8.78 Å². The SMILES string of the molecule is CCCOC(CC)c1ccc(C#N)c(F)c1F. The molecule has 0 saturated carbocycles. The quantitative estimate of drug-likeness (QED) is 0.784. The fourth-order valence-corrected chi connectivity index (χ4v) is 1.59. The maximum atomic E-state index is 13.7. The molecule has 0 fully saturated rings. The number of nitrogens with zero attached hydrogens (tertiary/aromatic N) is 1. The van der Waals surface area contributed by atoms with Gasteiger partial charge in [-0.2, -0.15) is 5.26 Å². The van der Waals surface area contributed by atoms with Crippen molar-refractivity contribution in [2.24, 2.45) is 0 Å². The van der Waals surface area contributed by atoms with Gasteiger partial charge in [-0.15, -0.1) is 0 Å². The van der Waals surface area contributed by atoms with Crippen molar-refractivity contribution < 1.29 is 13.5 Å². The van der Waals surface area contributed by atoms with Gasteiger partial charge in [0, 0.05) is 12.2 Å². The first-order valence-corrected chi connectivity index (χ1v) is 5.65. The molecule has 1 aromatic rings. The summed E-state index contributed by atoms with van der Waals surface area (Å²) in [5, 5.41) is 8.58. The van der Waals surface area contributed by atoms with Crippen LogP contribution in [0.15, 0.2) is 12.1 Å². The van der Waals surface area contributed by atoms with Gasteiger partial charge in [-0.25, -0.2) is 8.78 Å². The molecule has 1 aromatic carbocycles. The third-order valence-corrected chi connectivity index (χ3v) is 2.47. The molecule has 0 amide bonds. The number of ether oxygens (including phenoxy) is 1. The molecule has 0 N–H and O–H groups in total. The second-order valence-electron chi connectivity index (χ2n) is 3.71. The van der Waals surface area contributed by atoms with Gasteiger partial charge in [0.05, 0.1) is 11.7 Å². The molecule has 17 heavy (non-hydrogen) atoms. The molecule has 0 radical (unpaired) electrons. The molecule has 0 aromatic heterocycles. The predicted octanol–water partition coefficient (Wildman–Crippen LogP) is 3.71. The molecule has 0 heterocycles. The van der Waals surface area contributed by atoms with E-state index in [1.165, 1.54) is 12.1 Å². The predicted molar refractivity (Wildman–Crippen MR) is 60.3 cm³/mol. The summed E-state index contributed by atoms with van der Waals surface area (Å²) in [5.74, 6) is -2.07. The molecule has 0 aliphatic carbocycles. The van der Waals surface area contributed by atoms with Crippen molar-refractivity contribution in [1.29, 1.82) is 5.26 Å². The molecule has 0 saturated heterocycles. The normalized spacial score (nSPS) is 12.2. The van der Waals surface area contributed by atoms with Crippen molar-refractivity contribution in [3.63, 3.8) is 0 Å². The van der Waals surface area contributed by atoms with Crippen LogP contribution in [-0.2, 0) is 4.74 Å². The summed E-state index contributed by atoms with van der Waals surface area (Å²) in [4.78, 5) is 0. The first kappa shape index (κ1) is 13.6. The lowest BCUT2D eigenvalue weighted by molar-refractivity contribution is 0.0475. The van der Waals surface area contributed by atoms with Crippen LogP contribution in [0.25, 0.3) is 0 Å². The Hall–Kier alpha value is -1.47. The van der Waals surface area contributed by atoms with Crippen LogP contribution < -0.4 is 0 Å². The van der Waals surface area contributed by atoms with Crippen molar-refractivity contribution >= 4 is 0 Å². The Labute approximate surface area is 99.8 Å². The van der Waals surface area contributed by atoms with E-state index in [1.807, 2.05) is 13.8 Å². The molecule has 92 valence electrons. The van der Waals surface area contributed by atoms with E-state index in [0.29, 0.717) is 13.0 Å². The van der Waals surface area contributed by atoms with Gasteiger partial charge < -0.3 is 4.74 Å². The van der Waals surface area contributed by atoms with Crippen molar-refractivity contribution in [2.45, 2.75) is 32.8 Å². The Morgan fingerprint density at radius 2 is 2.00 bits per heavy atom. The Morgan fingerprint density at radius 1 is 1.29 bits per heavy atom. The molecule has 4 heteroatoms. The largest absolute Gasteiger partial charge is 0.373 e. The van der Waals surface area contributed by atoms with Gasteiger partial charge in [0.15, 0.2) is 11.6 Å². The minimum atomic E-state index is -1.09. The second kappa shape index (κ2) is 6.31. The second-order valence-corrected chi connectivity index (χ2v) is 3.71. The lowest BCUT2D eigenvalue weighted by atomic mass is 10.0. The van der Waals surface area contributed by atoms with Gasteiger partial charge in [-0.05, 0) is 18.9 Å². The minimum absolute atomic E-state index is 0.178.